The van der Waals surface area contributed by atoms with Crippen LogP contribution in [0.25, 0.3) is 22.3 Å². The summed E-state index contributed by atoms with van der Waals surface area (Å²) in [4.78, 5) is 32.1. The van der Waals surface area contributed by atoms with Crippen LogP contribution in [-0.4, -0.2) is 32.3 Å². The Morgan fingerprint density at radius 2 is 1.90 bits per heavy atom. The first-order valence-electron chi connectivity index (χ1n) is 9.64. The third-order valence-corrected chi connectivity index (χ3v) is 4.51. The van der Waals surface area contributed by atoms with Crippen LogP contribution in [0.5, 0.6) is 5.75 Å². The first-order chi connectivity index (χ1) is 14.6. The Morgan fingerprint density at radius 3 is 2.67 bits per heavy atom. The minimum atomic E-state index is -0.344. The van der Waals surface area contributed by atoms with Gasteiger partial charge in [-0.3, -0.25) is 9.59 Å². The molecule has 0 fully saturated rings. The zero-order chi connectivity index (χ0) is 20.9. The number of H-pyrrole nitrogens is 1. The molecule has 0 bridgehead atoms. The molecule has 4 rings (SSSR count). The molecule has 0 aliphatic heterocycles. The van der Waals surface area contributed by atoms with E-state index in [0.717, 1.165) is 27.0 Å². The molecule has 0 unspecified atom stereocenters. The summed E-state index contributed by atoms with van der Waals surface area (Å²) < 4.78 is 6.59. The maximum atomic E-state index is 12.3. The normalized spacial score (nSPS) is 10.8. The second-order valence-electron chi connectivity index (χ2n) is 6.65. The van der Waals surface area contributed by atoms with Crippen LogP contribution < -0.4 is 15.6 Å². The molecule has 0 radical (unpaired) electrons. The fourth-order valence-electron chi connectivity index (χ4n) is 3.07. The highest BCUT2D eigenvalue weighted by molar-refractivity contribution is 5.76. The molecule has 0 saturated heterocycles. The molecule has 2 aromatic carbocycles. The van der Waals surface area contributed by atoms with Gasteiger partial charge in [-0.25, -0.2) is 9.67 Å². The van der Waals surface area contributed by atoms with Crippen molar-refractivity contribution < 1.29 is 9.53 Å². The quantitative estimate of drug-likeness (QED) is 0.494. The Kier molecular flexibility index (Phi) is 5.56. The minimum Gasteiger partial charge on any atom is -0.494 e. The maximum absolute atomic E-state index is 12.3. The van der Waals surface area contributed by atoms with Crippen molar-refractivity contribution in [3.63, 3.8) is 0 Å². The molecule has 2 aromatic heterocycles. The van der Waals surface area contributed by atoms with Crippen molar-refractivity contribution in [2.45, 2.75) is 20.0 Å². The summed E-state index contributed by atoms with van der Waals surface area (Å²) in [5.74, 6) is 1.08. The molecule has 30 heavy (non-hydrogen) atoms. The largest absolute Gasteiger partial charge is 0.494 e. The number of imidazole rings is 1. The summed E-state index contributed by atoms with van der Waals surface area (Å²) in [5, 5.41) is 7.09. The smallest absolute Gasteiger partial charge is 0.267 e. The maximum Gasteiger partial charge on any atom is 0.267 e. The standard InChI is InChI=1S/C22H21N5O3/c1-2-30-16-9-7-15(8-10-16)17-11-12-22(29)27(26-17)14-21(28)23-13-20-24-18-5-3-4-6-19(18)25-20/h3-12H,2,13-14H2,1H3,(H,23,28)(H,24,25). The van der Waals surface area contributed by atoms with E-state index in [2.05, 4.69) is 20.4 Å². The number of carbonyl (C=O) groups is 1. The lowest BCUT2D eigenvalue weighted by molar-refractivity contribution is -0.122. The van der Waals surface area contributed by atoms with Crippen LogP contribution in [0.1, 0.15) is 12.7 Å². The fourth-order valence-corrected chi connectivity index (χ4v) is 3.07. The van der Waals surface area contributed by atoms with E-state index < -0.39 is 0 Å². The van der Waals surface area contributed by atoms with E-state index in [1.165, 1.54) is 6.07 Å². The molecular weight excluding hydrogens is 382 g/mol. The highest BCUT2D eigenvalue weighted by Gasteiger charge is 2.09. The predicted molar refractivity (Wildman–Crippen MR) is 113 cm³/mol. The van der Waals surface area contributed by atoms with Gasteiger partial charge in [0.15, 0.2) is 0 Å². The third kappa shape index (κ3) is 4.38. The molecule has 8 nitrogen and oxygen atoms in total. The van der Waals surface area contributed by atoms with Crippen LogP contribution in [0, 0.1) is 0 Å². The second kappa shape index (κ2) is 8.60. The first-order valence-corrected chi connectivity index (χ1v) is 9.64. The van der Waals surface area contributed by atoms with Gasteiger partial charge in [0.05, 0.1) is 29.9 Å². The molecule has 2 N–H and O–H groups in total. The second-order valence-corrected chi connectivity index (χ2v) is 6.65. The average Bonchev–Trinajstić information content (AvgIpc) is 3.18. The molecule has 0 atom stereocenters. The zero-order valence-corrected chi connectivity index (χ0v) is 16.5. The monoisotopic (exact) mass is 403 g/mol. The Balaban J connectivity index is 1.43. The summed E-state index contributed by atoms with van der Waals surface area (Å²) in [6.07, 6.45) is 0. The van der Waals surface area contributed by atoms with Crippen LogP contribution in [0.4, 0.5) is 0 Å². The first kappa shape index (κ1) is 19.4. The lowest BCUT2D eigenvalue weighted by Gasteiger charge is -2.08. The number of ether oxygens (including phenoxy) is 1. The summed E-state index contributed by atoms with van der Waals surface area (Å²) in [7, 11) is 0. The van der Waals surface area contributed by atoms with Gasteiger partial charge in [-0.05, 0) is 49.4 Å². The van der Waals surface area contributed by atoms with Crippen molar-refractivity contribution in [3.05, 3.63) is 76.8 Å². The number of aromatic nitrogens is 4. The number of amides is 1. The predicted octanol–water partition coefficient (Wildman–Crippen LogP) is 2.50. The lowest BCUT2D eigenvalue weighted by Crippen LogP contribution is -2.33. The van der Waals surface area contributed by atoms with Gasteiger partial charge in [-0.2, -0.15) is 5.10 Å². The van der Waals surface area contributed by atoms with E-state index in [1.807, 2.05) is 55.5 Å². The fraction of sp³-hybridized carbons (Fsp3) is 0.182. The summed E-state index contributed by atoms with van der Waals surface area (Å²) in [6.45, 7) is 2.57. The van der Waals surface area contributed by atoms with E-state index in [9.17, 15) is 9.59 Å². The molecular formula is C22H21N5O3. The van der Waals surface area contributed by atoms with E-state index in [1.54, 1.807) is 6.07 Å². The topological polar surface area (TPSA) is 102 Å². The lowest BCUT2D eigenvalue weighted by atomic mass is 10.1. The van der Waals surface area contributed by atoms with Gasteiger partial charge in [-0.15, -0.1) is 0 Å². The highest BCUT2D eigenvalue weighted by Crippen LogP contribution is 2.19. The number of para-hydroxylation sites is 2. The van der Waals surface area contributed by atoms with Crippen molar-refractivity contribution in [1.82, 2.24) is 25.1 Å². The van der Waals surface area contributed by atoms with Crippen molar-refractivity contribution in [2.75, 3.05) is 6.61 Å². The van der Waals surface area contributed by atoms with Crippen LogP contribution in [0.2, 0.25) is 0 Å². The molecule has 2 heterocycles. The van der Waals surface area contributed by atoms with Crippen molar-refractivity contribution in [3.8, 4) is 17.0 Å². The summed E-state index contributed by atoms with van der Waals surface area (Å²) in [5.41, 5.74) is 2.83. The summed E-state index contributed by atoms with van der Waals surface area (Å²) >= 11 is 0. The number of aromatic amines is 1. The number of benzene rings is 2. The number of hydrogen-bond donors (Lipinski definition) is 2. The molecule has 0 saturated carbocycles. The highest BCUT2D eigenvalue weighted by atomic mass is 16.5. The van der Waals surface area contributed by atoms with E-state index in [4.69, 9.17) is 4.74 Å². The van der Waals surface area contributed by atoms with Crippen LogP contribution in [0.3, 0.4) is 0 Å². The van der Waals surface area contributed by atoms with Gasteiger partial charge in [0.25, 0.3) is 5.56 Å². The summed E-state index contributed by atoms with van der Waals surface area (Å²) in [6, 6.07) is 18.1. The van der Waals surface area contributed by atoms with Crippen LogP contribution in [0.15, 0.2) is 65.5 Å². The molecule has 8 heteroatoms. The SMILES string of the molecule is CCOc1ccc(-c2ccc(=O)n(CC(=O)NCc3nc4ccccc4[nH]3)n2)cc1. The van der Waals surface area contributed by atoms with E-state index >= 15 is 0 Å². The molecule has 1 amide bonds. The number of nitrogens with one attached hydrogen (secondary N) is 2. The number of rotatable bonds is 7. The Labute approximate surface area is 172 Å². The van der Waals surface area contributed by atoms with Crippen molar-refractivity contribution in [2.24, 2.45) is 0 Å². The average molecular weight is 403 g/mol. The van der Waals surface area contributed by atoms with Crippen LogP contribution >= 0.6 is 0 Å². The molecule has 152 valence electrons. The molecule has 0 aliphatic carbocycles. The Bertz CT molecular complexity index is 1190. The molecule has 4 aromatic rings. The van der Waals surface area contributed by atoms with Gasteiger partial charge in [-0.1, -0.05) is 12.1 Å². The molecule has 0 spiro atoms. The van der Waals surface area contributed by atoms with Gasteiger partial charge in [0, 0.05) is 11.6 Å². The van der Waals surface area contributed by atoms with Gasteiger partial charge in [0.1, 0.15) is 18.1 Å². The number of fused-ring (bicyclic) bond motifs is 1. The van der Waals surface area contributed by atoms with Crippen LogP contribution in [-0.2, 0) is 17.9 Å². The van der Waals surface area contributed by atoms with Crippen molar-refractivity contribution in [1.29, 1.82) is 0 Å². The zero-order valence-electron chi connectivity index (χ0n) is 16.5. The number of hydrogen-bond acceptors (Lipinski definition) is 5. The number of nitrogens with zero attached hydrogens (tertiary/aromatic N) is 3. The van der Waals surface area contributed by atoms with Gasteiger partial charge >= 0.3 is 0 Å². The molecule has 0 aliphatic rings. The van der Waals surface area contributed by atoms with E-state index in [-0.39, 0.29) is 24.6 Å². The van der Waals surface area contributed by atoms with E-state index in [0.29, 0.717) is 18.1 Å². The van der Waals surface area contributed by atoms with Crippen molar-refractivity contribution >= 4 is 16.9 Å². The minimum absolute atomic E-state index is 0.177. The Hall–Kier alpha value is -3.94. The van der Waals surface area contributed by atoms with Gasteiger partial charge < -0.3 is 15.0 Å². The number of carbonyl (C=O) groups excluding carboxylic acids is 1. The van der Waals surface area contributed by atoms with Gasteiger partial charge in [0.2, 0.25) is 5.91 Å². The Morgan fingerprint density at radius 1 is 1.10 bits per heavy atom. The third-order valence-electron chi connectivity index (χ3n) is 4.51.